The van der Waals surface area contributed by atoms with Gasteiger partial charge in [-0.2, -0.15) is 0 Å². The molecule has 0 radical (unpaired) electrons. The first-order valence-electron chi connectivity index (χ1n) is 11.9. The molecular weight excluding hydrogens is 501 g/mol. The van der Waals surface area contributed by atoms with Gasteiger partial charge in [0, 0.05) is 32.6 Å². The van der Waals surface area contributed by atoms with Crippen molar-refractivity contribution in [1.82, 2.24) is 20.4 Å². The van der Waals surface area contributed by atoms with Crippen LogP contribution in [-0.4, -0.2) is 60.9 Å². The largest absolute Gasteiger partial charge is 0.357 e. The molecule has 2 heterocycles. The zero-order valence-corrected chi connectivity index (χ0v) is 21.4. The lowest BCUT2D eigenvalue weighted by Gasteiger charge is -2.20. The smallest absolute Gasteiger partial charge is 0.222 e. The number of carbonyl (C=O) groups is 1. The molecule has 0 spiro atoms. The minimum atomic E-state index is 0. The van der Waals surface area contributed by atoms with Gasteiger partial charge in [-0.1, -0.05) is 37.1 Å². The maximum absolute atomic E-state index is 12.0. The maximum Gasteiger partial charge on any atom is 0.222 e. The quantitative estimate of drug-likeness (QED) is 0.217. The van der Waals surface area contributed by atoms with E-state index in [-0.39, 0.29) is 29.9 Å². The Morgan fingerprint density at radius 1 is 1.00 bits per heavy atom. The van der Waals surface area contributed by atoms with Gasteiger partial charge in [-0.3, -0.25) is 4.79 Å². The average molecular weight is 542 g/mol. The molecule has 1 amide bonds. The molecule has 1 aromatic carbocycles. The number of benzene rings is 1. The molecule has 7 heteroatoms. The van der Waals surface area contributed by atoms with E-state index in [0.717, 1.165) is 38.4 Å². The third kappa shape index (κ3) is 8.96. The van der Waals surface area contributed by atoms with Crippen LogP contribution in [0, 0.1) is 0 Å². The summed E-state index contributed by atoms with van der Waals surface area (Å²) < 4.78 is 0. The minimum absolute atomic E-state index is 0. The maximum atomic E-state index is 12.0. The van der Waals surface area contributed by atoms with Crippen molar-refractivity contribution < 1.29 is 4.79 Å². The number of halogens is 1. The van der Waals surface area contributed by atoms with Crippen LogP contribution in [0.4, 0.5) is 0 Å². The minimum Gasteiger partial charge on any atom is -0.357 e. The first kappa shape index (κ1) is 25.9. The number of nitrogens with one attached hydrogen (secondary N) is 2. The number of nitrogens with zero attached hydrogens (tertiary/aromatic N) is 3. The van der Waals surface area contributed by atoms with E-state index in [1.165, 1.54) is 56.4 Å². The summed E-state index contributed by atoms with van der Waals surface area (Å²) in [7, 11) is 0. The summed E-state index contributed by atoms with van der Waals surface area (Å²) >= 11 is 0. The van der Waals surface area contributed by atoms with Crippen LogP contribution in [0.5, 0.6) is 0 Å². The summed E-state index contributed by atoms with van der Waals surface area (Å²) in [4.78, 5) is 21.4. The molecule has 0 unspecified atom stereocenters. The molecule has 2 fully saturated rings. The van der Waals surface area contributed by atoms with E-state index in [9.17, 15) is 4.79 Å². The van der Waals surface area contributed by atoms with Crippen LogP contribution < -0.4 is 10.6 Å². The summed E-state index contributed by atoms with van der Waals surface area (Å²) in [5, 5.41) is 6.86. The molecular formula is C24H40IN5O. The van der Waals surface area contributed by atoms with Crippen LogP contribution >= 0.6 is 24.0 Å². The third-order valence-corrected chi connectivity index (χ3v) is 6.04. The van der Waals surface area contributed by atoms with Gasteiger partial charge in [0.25, 0.3) is 0 Å². The topological polar surface area (TPSA) is 60.0 Å². The van der Waals surface area contributed by atoms with Crippen LogP contribution in [0.25, 0.3) is 0 Å². The molecule has 6 nitrogen and oxygen atoms in total. The number of likely N-dealkylation sites (tertiary alicyclic amines) is 2. The van der Waals surface area contributed by atoms with Crippen molar-refractivity contribution in [1.29, 1.82) is 0 Å². The summed E-state index contributed by atoms with van der Waals surface area (Å²) in [6.07, 6.45) is 8.27. The lowest BCUT2D eigenvalue weighted by molar-refractivity contribution is -0.128. The van der Waals surface area contributed by atoms with Gasteiger partial charge < -0.3 is 20.4 Å². The van der Waals surface area contributed by atoms with Crippen molar-refractivity contribution in [3.05, 3.63) is 35.4 Å². The molecule has 0 bridgehead atoms. The van der Waals surface area contributed by atoms with Crippen molar-refractivity contribution >= 4 is 35.8 Å². The molecule has 31 heavy (non-hydrogen) atoms. The molecule has 174 valence electrons. The summed E-state index contributed by atoms with van der Waals surface area (Å²) in [6.45, 7) is 9.76. The number of hydrogen-bond acceptors (Lipinski definition) is 3. The fraction of sp³-hybridized carbons (Fsp3) is 0.667. The van der Waals surface area contributed by atoms with Crippen molar-refractivity contribution in [3.63, 3.8) is 0 Å². The highest BCUT2D eigenvalue weighted by atomic mass is 127. The van der Waals surface area contributed by atoms with Crippen molar-refractivity contribution in [2.45, 2.75) is 65.0 Å². The van der Waals surface area contributed by atoms with E-state index in [4.69, 9.17) is 4.99 Å². The van der Waals surface area contributed by atoms with Gasteiger partial charge in [0.1, 0.15) is 0 Å². The lowest BCUT2D eigenvalue weighted by atomic mass is 10.1. The van der Waals surface area contributed by atoms with E-state index >= 15 is 0 Å². The van der Waals surface area contributed by atoms with E-state index in [1.807, 2.05) is 4.90 Å². The van der Waals surface area contributed by atoms with Crippen molar-refractivity contribution in [2.24, 2.45) is 4.99 Å². The first-order valence-corrected chi connectivity index (χ1v) is 11.9. The molecule has 1 aromatic rings. The van der Waals surface area contributed by atoms with Crippen LogP contribution in [0.15, 0.2) is 29.3 Å². The second-order valence-electron chi connectivity index (χ2n) is 8.42. The third-order valence-electron chi connectivity index (χ3n) is 6.04. The van der Waals surface area contributed by atoms with E-state index < -0.39 is 0 Å². The molecule has 0 saturated carbocycles. The van der Waals surface area contributed by atoms with E-state index in [2.05, 4.69) is 46.7 Å². The Morgan fingerprint density at radius 3 is 2.42 bits per heavy atom. The van der Waals surface area contributed by atoms with Gasteiger partial charge in [-0.25, -0.2) is 4.99 Å². The SMILES string of the molecule is CCNC(=NCc1ccccc1CN1CCCC1=O)NCCCN1CCCCCC1.I. The fourth-order valence-electron chi connectivity index (χ4n) is 4.32. The molecule has 2 aliphatic heterocycles. The fourth-order valence-corrected chi connectivity index (χ4v) is 4.32. The van der Waals surface area contributed by atoms with Gasteiger partial charge in [0.15, 0.2) is 5.96 Å². The van der Waals surface area contributed by atoms with Gasteiger partial charge in [-0.05, 0) is 63.4 Å². The Bertz CT molecular complexity index is 688. The predicted molar refractivity (Wildman–Crippen MR) is 139 cm³/mol. The molecule has 2 saturated heterocycles. The normalized spacial score (nSPS) is 17.9. The lowest BCUT2D eigenvalue weighted by Crippen LogP contribution is -2.39. The highest BCUT2D eigenvalue weighted by Gasteiger charge is 2.20. The molecule has 3 rings (SSSR count). The summed E-state index contributed by atoms with van der Waals surface area (Å²) in [6, 6.07) is 8.36. The molecule has 0 aliphatic carbocycles. The number of rotatable bonds is 9. The number of guanidine groups is 1. The van der Waals surface area contributed by atoms with Gasteiger partial charge in [0.05, 0.1) is 6.54 Å². The zero-order valence-electron chi connectivity index (χ0n) is 19.1. The molecule has 2 N–H and O–H groups in total. The monoisotopic (exact) mass is 541 g/mol. The molecule has 0 aromatic heterocycles. The second kappa shape index (κ2) is 14.7. The van der Waals surface area contributed by atoms with Gasteiger partial charge >= 0.3 is 0 Å². The van der Waals surface area contributed by atoms with Crippen LogP contribution in [0.2, 0.25) is 0 Å². The Kier molecular flexibility index (Phi) is 12.3. The van der Waals surface area contributed by atoms with Gasteiger partial charge in [-0.15, -0.1) is 24.0 Å². The molecule has 2 aliphatic rings. The van der Waals surface area contributed by atoms with Crippen molar-refractivity contribution in [3.8, 4) is 0 Å². The number of hydrogen-bond donors (Lipinski definition) is 2. The van der Waals surface area contributed by atoms with E-state index in [0.29, 0.717) is 19.5 Å². The number of carbonyl (C=O) groups excluding carboxylic acids is 1. The number of amides is 1. The first-order chi connectivity index (χ1) is 14.8. The standard InChI is InChI=1S/C24H39N5O.HI/c1-2-25-24(26-14-10-17-28-15-7-3-4-8-16-28)27-19-21-11-5-6-12-22(21)20-29-18-9-13-23(29)30;/h5-6,11-12H,2-4,7-10,13-20H2,1H3,(H2,25,26,27);1H. The Hall–Kier alpha value is -1.35. The Balaban J connectivity index is 0.00000341. The summed E-state index contributed by atoms with van der Waals surface area (Å²) in [5.74, 6) is 1.15. The van der Waals surface area contributed by atoms with Crippen LogP contribution in [-0.2, 0) is 17.9 Å². The average Bonchev–Trinajstić information content (AvgIpc) is 3.00. The highest BCUT2D eigenvalue weighted by Crippen LogP contribution is 2.18. The summed E-state index contributed by atoms with van der Waals surface area (Å²) in [5.41, 5.74) is 2.40. The van der Waals surface area contributed by atoms with E-state index in [1.54, 1.807) is 0 Å². The zero-order chi connectivity index (χ0) is 21.0. The van der Waals surface area contributed by atoms with Crippen LogP contribution in [0.1, 0.15) is 63.0 Å². The highest BCUT2D eigenvalue weighted by molar-refractivity contribution is 14.0. The predicted octanol–water partition coefficient (Wildman–Crippen LogP) is 3.75. The molecule has 0 atom stereocenters. The Morgan fingerprint density at radius 2 is 1.74 bits per heavy atom. The number of aliphatic imine (C=N–C) groups is 1. The van der Waals surface area contributed by atoms with Crippen molar-refractivity contribution in [2.75, 3.05) is 39.3 Å². The second-order valence-corrected chi connectivity index (χ2v) is 8.42. The Labute approximate surface area is 205 Å². The van der Waals surface area contributed by atoms with Crippen LogP contribution in [0.3, 0.4) is 0 Å². The van der Waals surface area contributed by atoms with Gasteiger partial charge in [0.2, 0.25) is 5.91 Å².